The van der Waals surface area contributed by atoms with Gasteiger partial charge in [0.2, 0.25) is 0 Å². The first kappa shape index (κ1) is 21.3. The van der Waals surface area contributed by atoms with Gasteiger partial charge in [-0.2, -0.15) is 0 Å². The van der Waals surface area contributed by atoms with Gasteiger partial charge >= 0.3 is 0 Å². The summed E-state index contributed by atoms with van der Waals surface area (Å²) < 4.78 is 0. The van der Waals surface area contributed by atoms with Crippen LogP contribution >= 0.6 is 0 Å². The first-order valence-corrected chi connectivity index (χ1v) is 10.4. The van der Waals surface area contributed by atoms with Gasteiger partial charge in [0.25, 0.3) is 0 Å². The Morgan fingerprint density at radius 1 is 1.00 bits per heavy atom. The molecular weight excluding hydrogens is 292 g/mol. The Morgan fingerprint density at radius 3 is 2.29 bits per heavy atom. The molecule has 140 valence electrons. The van der Waals surface area contributed by atoms with E-state index in [1.165, 1.54) is 62.2 Å². The van der Waals surface area contributed by atoms with Gasteiger partial charge in [-0.05, 0) is 31.6 Å². The number of nitrogens with zero attached hydrogens (tertiary/aromatic N) is 1. The van der Waals surface area contributed by atoms with Gasteiger partial charge in [0.1, 0.15) is 5.82 Å². The Morgan fingerprint density at radius 2 is 1.71 bits per heavy atom. The van der Waals surface area contributed by atoms with Gasteiger partial charge in [-0.3, -0.25) is 0 Å². The maximum atomic E-state index is 5.04. The molecule has 0 fully saturated rings. The van der Waals surface area contributed by atoms with E-state index < -0.39 is 0 Å². The largest absolute Gasteiger partial charge is 0.345 e. The Hall–Kier alpha value is -0.790. The van der Waals surface area contributed by atoms with Gasteiger partial charge in [-0.15, -0.1) is 0 Å². The third kappa shape index (κ3) is 6.61. The zero-order valence-corrected chi connectivity index (χ0v) is 17.5. The minimum absolute atomic E-state index is 0.210. The number of hydrogen-bond donors (Lipinski definition) is 1. The van der Waals surface area contributed by atoms with Crippen molar-refractivity contribution in [3.63, 3.8) is 0 Å². The molecule has 0 aliphatic carbocycles. The summed E-state index contributed by atoms with van der Waals surface area (Å²) in [5, 5.41) is 0. The third-order valence-corrected chi connectivity index (χ3v) is 5.40. The van der Waals surface area contributed by atoms with E-state index in [1.54, 1.807) is 0 Å². The Bertz CT molecular complexity index is 457. The number of imidazole rings is 1. The number of hydrogen-bond acceptors (Lipinski definition) is 1. The van der Waals surface area contributed by atoms with Crippen molar-refractivity contribution in [2.75, 3.05) is 0 Å². The number of rotatable bonds is 12. The number of H-pyrrole nitrogens is 1. The van der Waals surface area contributed by atoms with E-state index in [4.69, 9.17) is 4.98 Å². The van der Waals surface area contributed by atoms with Crippen LogP contribution in [0.4, 0.5) is 0 Å². The molecule has 0 saturated heterocycles. The van der Waals surface area contributed by atoms with Crippen LogP contribution in [-0.4, -0.2) is 9.97 Å². The maximum Gasteiger partial charge on any atom is 0.109 e. The topological polar surface area (TPSA) is 28.7 Å². The SMILES string of the molecule is CCCCCC(C)(C)c1[nH]c(C(C)CC)nc1CCCCC(C)C. The molecule has 0 spiro atoms. The minimum Gasteiger partial charge on any atom is -0.345 e. The van der Waals surface area contributed by atoms with Crippen molar-refractivity contribution in [3.05, 3.63) is 17.2 Å². The lowest BCUT2D eigenvalue weighted by Gasteiger charge is -2.25. The number of aromatic amines is 1. The Kier molecular flexibility index (Phi) is 9.08. The lowest BCUT2D eigenvalue weighted by atomic mass is 9.82. The first-order valence-electron chi connectivity index (χ1n) is 10.4. The highest BCUT2D eigenvalue weighted by molar-refractivity contribution is 5.24. The summed E-state index contributed by atoms with van der Waals surface area (Å²) in [5.74, 6) is 2.54. The van der Waals surface area contributed by atoms with Crippen LogP contribution in [0.25, 0.3) is 0 Å². The molecule has 1 aromatic rings. The molecule has 0 aromatic carbocycles. The van der Waals surface area contributed by atoms with E-state index in [1.807, 2.05) is 0 Å². The highest BCUT2D eigenvalue weighted by atomic mass is 15.0. The van der Waals surface area contributed by atoms with Crippen LogP contribution in [0.1, 0.15) is 123 Å². The average molecular weight is 335 g/mol. The van der Waals surface area contributed by atoms with E-state index >= 15 is 0 Å². The zero-order chi connectivity index (χ0) is 18.2. The number of aryl methyl sites for hydroxylation is 1. The number of unbranched alkanes of at least 4 members (excludes halogenated alkanes) is 3. The Labute approximate surface area is 151 Å². The highest BCUT2D eigenvalue weighted by Gasteiger charge is 2.27. The summed E-state index contributed by atoms with van der Waals surface area (Å²) in [6, 6.07) is 0. The average Bonchev–Trinajstić information content (AvgIpc) is 2.96. The molecule has 1 atom stereocenters. The summed E-state index contributed by atoms with van der Waals surface area (Å²) in [7, 11) is 0. The van der Waals surface area contributed by atoms with Crippen molar-refractivity contribution in [3.8, 4) is 0 Å². The Balaban J connectivity index is 2.87. The van der Waals surface area contributed by atoms with Crippen molar-refractivity contribution in [1.82, 2.24) is 9.97 Å². The minimum atomic E-state index is 0.210. The predicted octanol–water partition coefficient (Wildman–Crippen LogP) is 7.15. The molecule has 1 heterocycles. The summed E-state index contributed by atoms with van der Waals surface area (Å²) in [6.07, 6.45) is 11.4. The summed E-state index contributed by atoms with van der Waals surface area (Å²) in [5.41, 5.74) is 2.97. The maximum absolute atomic E-state index is 5.04. The normalized spacial score (nSPS) is 13.7. The van der Waals surface area contributed by atoms with Crippen LogP contribution in [0.3, 0.4) is 0 Å². The lowest BCUT2D eigenvalue weighted by molar-refractivity contribution is 0.434. The molecule has 0 aliphatic rings. The summed E-state index contributed by atoms with van der Waals surface area (Å²) in [4.78, 5) is 8.77. The number of aromatic nitrogens is 2. The molecule has 0 radical (unpaired) electrons. The monoisotopic (exact) mass is 334 g/mol. The number of nitrogens with one attached hydrogen (secondary N) is 1. The van der Waals surface area contributed by atoms with Gasteiger partial charge in [0.05, 0.1) is 5.69 Å². The first-order chi connectivity index (χ1) is 11.3. The van der Waals surface area contributed by atoms with Crippen LogP contribution in [0.5, 0.6) is 0 Å². The van der Waals surface area contributed by atoms with E-state index in [2.05, 4.69) is 53.5 Å². The van der Waals surface area contributed by atoms with Gasteiger partial charge < -0.3 is 4.98 Å². The lowest BCUT2D eigenvalue weighted by Crippen LogP contribution is -2.20. The van der Waals surface area contributed by atoms with Crippen molar-refractivity contribution >= 4 is 0 Å². The molecule has 0 bridgehead atoms. The molecule has 0 saturated carbocycles. The standard InChI is InChI=1S/C22H42N2/c1-8-10-13-16-22(6,7)20-19(15-12-11-14-17(3)4)23-21(24-20)18(5)9-2/h17-18H,8-16H2,1-7H3,(H,23,24). The second kappa shape index (κ2) is 10.3. The smallest absolute Gasteiger partial charge is 0.109 e. The van der Waals surface area contributed by atoms with Gasteiger partial charge in [0.15, 0.2) is 0 Å². The quantitative estimate of drug-likeness (QED) is 0.404. The second-order valence-electron chi connectivity index (χ2n) is 8.73. The molecule has 1 rings (SSSR count). The molecule has 1 aromatic heterocycles. The van der Waals surface area contributed by atoms with E-state index in [-0.39, 0.29) is 5.41 Å². The molecule has 2 heteroatoms. The van der Waals surface area contributed by atoms with Crippen LogP contribution in [0.15, 0.2) is 0 Å². The van der Waals surface area contributed by atoms with Crippen LogP contribution < -0.4 is 0 Å². The predicted molar refractivity (Wildman–Crippen MR) is 107 cm³/mol. The summed E-state index contributed by atoms with van der Waals surface area (Å²) in [6.45, 7) is 16.2. The molecule has 2 nitrogen and oxygen atoms in total. The van der Waals surface area contributed by atoms with Crippen molar-refractivity contribution in [2.24, 2.45) is 5.92 Å². The van der Waals surface area contributed by atoms with Crippen LogP contribution in [0.2, 0.25) is 0 Å². The molecular formula is C22H42N2. The third-order valence-electron chi connectivity index (χ3n) is 5.40. The molecule has 0 aliphatic heterocycles. The molecule has 0 amide bonds. The van der Waals surface area contributed by atoms with Gasteiger partial charge in [-0.1, -0.05) is 80.6 Å². The van der Waals surface area contributed by atoms with E-state index in [0.29, 0.717) is 5.92 Å². The fourth-order valence-electron chi connectivity index (χ4n) is 3.38. The molecule has 1 unspecified atom stereocenters. The highest BCUT2D eigenvalue weighted by Crippen LogP contribution is 2.33. The van der Waals surface area contributed by atoms with Crippen LogP contribution in [-0.2, 0) is 11.8 Å². The van der Waals surface area contributed by atoms with Crippen molar-refractivity contribution in [2.45, 2.75) is 118 Å². The van der Waals surface area contributed by atoms with E-state index in [9.17, 15) is 0 Å². The van der Waals surface area contributed by atoms with Crippen molar-refractivity contribution in [1.29, 1.82) is 0 Å². The fraction of sp³-hybridized carbons (Fsp3) is 0.864. The van der Waals surface area contributed by atoms with E-state index in [0.717, 1.165) is 18.8 Å². The van der Waals surface area contributed by atoms with Gasteiger partial charge in [0, 0.05) is 17.0 Å². The second-order valence-corrected chi connectivity index (χ2v) is 8.73. The zero-order valence-electron chi connectivity index (χ0n) is 17.5. The molecule has 1 N–H and O–H groups in total. The molecule has 24 heavy (non-hydrogen) atoms. The fourth-order valence-corrected chi connectivity index (χ4v) is 3.38. The van der Waals surface area contributed by atoms with Crippen LogP contribution in [0, 0.1) is 5.92 Å². The van der Waals surface area contributed by atoms with Crippen molar-refractivity contribution < 1.29 is 0 Å². The van der Waals surface area contributed by atoms with Gasteiger partial charge in [-0.25, -0.2) is 4.98 Å². The summed E-state index contributed by atoms with van der Waals surface area (Å²) >= 11 is 0.